The van der Waals surface area contributed by atoms with Crippen molar-refractivity contribution in [3.8, 4) is 0 Å². The third-order valence-corrected chi connectivity index (χ3v) is 5.00. The van der Waals surface area contributed by atoms with Crippen LogP contribution >= 0.6 is 11.6 Å². The highest BCUT2D eigenvalue weighted by Gasteiger charge is 2.39. The van der Waals surface area contributed by atoms with Gasteiger partial charge in [-0.2, -0.15) is 5.10 Å². The molecule has 2 aliphatic rings. The Kier molecular flexibility index (Phi) is 3.76. The molecule has 2 amide bonds. The zero-order valence-electron chi connectivity index (χ0n) is 13.0. The van der Waals surface area contributed by atoms with Crippen LogP contribution in [0.15, 0.2) is 30.5 Å². The molecule has 1 atom stereocenters. The Morgan fingerprint density at radius 3 is 2.96 bits per heavy atom. The molecule has 1 unspecified atom stereocenters. The number of anilines is 2. The summed E-state index contributed by atoms with van der Waals surface area (Å²) in [6.45, 7) is 1.03. The van der Waals surface area contributed by atoms with Gasteiger partial charge in [0.1, 0.15) is 0 Å². The number of carbonyl (C=O) groups is 2. The van der Waals surface area contributed by atoms with Crippen LogP contribution in [-0.2, 0) is 16.0 Å². The number of aromatic amines is 1. The summed E-state index contributed by atoms with van der Waals surface area (Å²) in [5.41, 5.74) is 2.50. The minimum Gasteiger partial charge on any atom is -0.310 e. The summed E-state index contributed by atoms with van der Waals surface area (Å²) in [6.07, 6.45) is 3.70. The van der Waals surface area contributed by atoms with Gasteiger partial charge in [0, 0.05) is 19.5 Å². The smallest absolute Gasteiger partial charge is 0.232 e. The molecule has 4 rings (SSSR count). The van der Waals surface area contributed by atoms with E-state index in [0.29, 0.717) is 23.8 Å². The van der Waals surface area contributed by atoms with E-state index in [1.165, 1.54) is 0 Å². The van der Waals surface area contributed by atoms with E-state index in [1.807, 2.05) is 18.2 Å². The second-order valence-electron chi connectivity index (χ2n) is 6.18. The standard InChI is InChI=1S/C17H17ClN4O2/c18-12-4-1-2-6-14(12)22-10-11(8-16(22)23)17(24)21-7-3-5-13-15(21)9-19-20-13/h1-2,4,6,9,11H,3,5,7-8,10H2,(H,19,20). The van der Waals surface area contributed by atoms with Crippen molar-refractivity contribution in [1.82, 2.24) is 10.2 Å². The van der Waals surface area contributed by atoms with E-state index in [2.05, 4.69) is 10.2 Å². The molecule has 124 valence electrons. The maximum Gasteiger partial charge on any atom is 0.232 e. The molecule has 0 bridgehead atoms. The minimum atomic E-state index is -0.352. The summed E-state index contributed by atoms with van der Waals surface area (Å²) in [5.74, 6) is -0.430. The molecule has 1 fully saturated rings. The van der Waals surface area contributed by atoms with Gasteiger partial charge in [-0.1, -0.05) is 23.7 Å². The van der Waals surface area contributed by atoms with Gasteiger partial charge in [-0.25, -0.2) is 0 Å². The molecule has 1 saturated heterocycles. The molecule has 7 heteroatoms. The Morgan fingerprint density at radius 1 is 1.29 bits per heavy atom. The Morgan fingerprint density at radius 2 is 2.12 bits per heavy atom. The van der Waals surface area contributed by atoms with Crippen molar-refractivity contribution < 1.29 is 9.59 Å². The largest absolute Gasteiger partial charge is 0.310 e. The summed E-state index contributed by atoms with van der Waals surface area (Å²) < 4.78 is 0. The first-order valence-corrected chi connectivity index (χ1v) is 8.41. The number of rotatable bonds is 2. The van der Waals surface area contributed by atoms with E-state index in [-0.39, 0.29) is 24.2 Å². The number of amides is 2. The van der Waals surface area contributed by atoms with Crippen LogP contribution in [0.25, 0.3) is 0 Å². The summed E-state index contributed by atoms with van der Waals surface area (Å²) in [6, 6.07) is 7.22. The van der Waals surface area contributed by atoms with Gasteiger partial charge in [0.2, 0.25) is 11.8 Å². The predicted octanol–water partition coefficient (Wildman–Crippen LogP) is 2.40. The summed E-state index contributed by atoms with van der Waals surface area (Å²) in [4.78, 5) is 28.7. The first kappa shape index (κ1) is 15.2. The van der Waals surface area contributed by atoms with Gasteiger partial charge in [-0.3, -0.25) is 14.7 Å². The second kappa shape index (κ2) is 5.94. The van der Waals surface area contributed by atoms with Crippen LogP contribution in [0.4, 0.5) is 11.4 Å². The average molecular weight is 345 g/mol. The third-order valence-electron chi connectivity index (χ3n) is 4.68. The highest BCUT2D eigenvalue weighted by atomic mass is 35.5. The molecule has 1 N–H and O–H groups in total. The highest BCUT2D eigenvalue weighted by Crippen LogP contribution is 2.33. The van der Waals surface area contributed by atoms with Crippen molar-refractivity contribution in [2.75, 3.05) is 22.9 Å². The van der Waals surface area contributed by atoms with Gasteiger partial charge in [0.05, 0.1) is 34.2 Å². The highest BCUT2D eigenvalue weighted by molar-refractivity contribution is 6.33. The molecule has 0 aliphatic carbocycles. The van der Waals surface area contributed by atoms with Gasteiger partial charge in [0.25, 0.3) is 0 Å². The Balaban J connectivity index is 1.56. The van der Waals surface area contributed by atoms with Gasteiger partial charge >= 0.3 is 0 Å². The molecule has 2 aliphatic heterocycles. The van der Waals surface area contributed by atoms with Crippen molar-refractivity contribution in [2.45, 2.75) is 19.3 Å². The van der Waals surface area contributed by atoms with Crippen molar-refractivity contribution in [3.05, 3.63) is 41.2 Å². The molecule has 2 aromatic rings. The van der Waals surface area contributed by atoms with E-state index < -0.39 is 0 Å². The van der Waals surface area contributed by atoms with Crippen molar-refractivity contribution in [2.24, 2.45) is 5.92 Å². The van der Waals surface area contributed by atoms with Crippen LogP contribution < -0.4 is 9.80 Å². The lowest BCUT2D eigenvalue weighted by molar-refractivity contribution is -0.124. The number of hydrogen-bond donors (Lipinski definition) is 1. The monoisotopic (exact) mass is 344 g/mol. The molecule has 3 heterocycles. The maximum atomic E-state index is 12.9. The van der Waals surface area contributed by atoms with Crippen molar-refractivity contribution in [1.29, 1.82) is 0 Å². The fourth-order valence-electron chi connectivity index (χ4n) is 3.48. The number of H-pyrrole nitrogens is 1. The molecular formula is C17H17ClN4O2. The molecule has 0 radical (unpaired) electrons. The zero-order chi connectivity index (χ0) is 16.7. The Bertz CT molecular complexity index is 803. The SMILES string of the molecule is O=C1CC(C(=O)N2CCCc3[nH]ncc32)CN1c1ccccc1Cl. The van der Waals surface area contributed by atoms with Crippen molar-refractivity contribution >= 4 is 34.8 Å². The number of nitrogens with one attached hydrogen (secondary N) is 1. The van der Waals surface area contributed by atoms with Crippen LogP contribution in [-0.4, -0.2) is 35.1 Å². The average Bonchev–Trinajstić information content (AvgIpc) is 3.21. The van der Waals surface area contributed by atoms with Crippen LogP contribution in [0, 0.1) is 5.92 Å². The van der Waals surface area contributed by atoms with E-state index in [1.54, 1.807) is 22.1 Å². The lowest BCUT2D eigenvalue weighted by Crippen LogP contribution is -2.40. The number of aryl methyl sites for hydroxylation is 1. The summed E-state index contributed by atoms with van der Waals surface area (Å²) in [5, 5.41) is 7.51. The lowest BCUT2D eigenvalue weighted by atomic mass is 10.0. The fourth-order valence-corrected chi connectivity index (χ4v) is 3.72. The maximum absolute atomic E-state index is 12.9. The van der Waals surface area contributed by atoms with E-state index in [4.69, 9.17) is 11.6 Å². The van der Waals surface area contributed by atoms with Crippen LogP contribution in [0.5, 0.6) is 0 Å². The molecule has 1 aromatic carbocycles. The van der Waals surface area contributed by atoms with E-state index in [9.17, 15) is 9.59 Å². The predicted molar refractivity (Wildman–Crippen MR) is 91.2 cm³/mol. The normalized spacial score (nSPS) is 20.4. The van der Waals surface area contributed by atoms with Crippen molar-refractivity contribution in [3.63, 3.8) is 0 Å². The molecule has 6 nitrogen and oxygen atoms in total. The van der Waals surface area contributed by atoms with Gasteiger partial charge < -0.3 is 9.80 Å². The second-order valence-corrected chi connectivity index (χ2v) is 6.59. The number of hydrogen-bond acceptors (Lipinski definition) is 3. The number of benzene rings is 1. The fraction of sp³-hybridized carbons (Fsp3) is 0.353. The molecule has 0 saturated carbocycles. The van der Waals surface area contributed by atoms with E-state index in [0.717, 1.165) is 24.2 Å². The molecule has 24 heavy (non-hydrogen) atoms. The van der Waals surface area contributed by atoms with Gasteiger partial charge in [-0.15, -0.1) is 0 Å². The number of aromatic nitrogens is 2. The van der Waals surface area contributed by atoms with Gasteiger partial charge in [-0.05, 0) is 25.0 Å². The molecule has 0 spiro atoms. The number of halogens is 1. The lowest BCUT2D eigenvalue weighted by Gasteiger charge is -2.28. The molecular weight excluding hydrogens is 328 g/mol. The molecule has 1 aromatic heterocycles. The minimum absolute atomic E-state index is 0.0137. The third kappa shape index (κ3) is 2.47. The number of nitrogens with zero attached hydrogens (tertiary/aromatic N) is 3. The zero-order valence-corrected chi connectivity index (χ0v) is 13.8. The summed E-state index contributed by atoms with van der Waals surface area (Å²) in [7, 11) is 0. The van der Waals surface area contributed by atoms with E-state index >= 15 is 0 Å². The first-order chi connectivity index (χ1) is 11.6. The first-order valence-electron chi connectivity index (χ1n) is 8.03. The van der Waals surface area contributed by atoms with Crippen LogP contribution in [0.2, 0.25) is 5.02 Å². The van der Waals surface area contributed by atoms with Crippen LogP contribution in [0.1, 0.15) is 18.5 Å². The number of fused-ring (bicyclic) bond motifs is 1. The topological polar surface area (TPSA) is 69.3 Å². The van der Waals surface area contributed by atoms with Gasteiger partial charge in [0.15, 0.2) is 0 Å². The Hall–Kier alpha value is -2.34. The summed E-state index contributed by atoms with van der Waals surface area (Å²) >= 11 is 6.20. The number of para-hydroxylation sites is 1. The number of carbonyl (C=O) groups excluding carboxylic acids is 2. The van der Waals surface area contributed by atoms with Crippen LogP contribution in [0.3, 0.4) is 0 Å². The quantitative estimate of drug-likeness (QED) is 0.909. The Labute approximate surface area is 144 Å².